The molecule has 1 aromatic heterocycles. The molecule has 4 heteroatoms. The average Bonchev–Trinajstić information content (AvgIpc) is 2.57. The van der Waals surface area contributed by atoms with Crippen LogP contribution in [0.3, 0.4) is 0 Å². The molecule has 2 aromatic rings. The monoisotopic (exact) mass is 206 g/mol. The lowest BCUT2D eigenvalue weighted by Crippen LogP contribution is -2.21. The van der Waals surface area contributed by atoms with Gasteiger partial charge in [0.05, 0.1) is 6.10 Å². The molecular formula is C11H14N2O2. The molecule has 0 aliphatic heterocycles. The second-order valence-corrected chi connectivity index (χ2v) is 3.63. The number of aliphatic hydroxyl groups excluding tert-OH is 1. The molecule has 0 aliphatic carbocycles. The first-order valence-corrected chi connectivity index (χ1v) is 4.93. The van der Waals surface area contributed by atoms with Crippen LogP contribution in [0.15, 0.2) is 22.6 Å². The van der Waals surface area contributed by atoms with E-state index in [9.17, 15) is 5.11 Å². The number of aryl methyl sites for hydroxylation is 1. The number of nitrogens with zero attached hydrogens (tertiary/aromatic N) is 1. The zero-order valence-corrected chi connectivity index (χ0v) is 8.60. The molecule has 0 saturated heterocycles. The number of oxazole rings is 1. The highest BCUT2D eigenvalue weighted by Crippen LogP contribution is 2.17. The third-order valence-corrected chi connectivity index (χ3v) is 2.30. The standard InChI is InChI=1S/C11H14N2O2/c1-7-13-10-5-8(4-9(14)6-12)2-3-11(10)15-7/h2-3,5,9,14H,4,6,12H2,1H3. The van der Waals surface area contributed by atoms with Crippen LogP contribution in [0.2, 0.25) is 0 Å². The minimum Gasteiger partial charge on any atom is -0.441 e. The van der Waals surface area contributed by atoms with Crippen LogP contribution in [-0.2, 0) is 6.42 Å². The molecule has 0 radical (unpaired) electrons. The van der Waals surface area contributed by atoms with Crippen LogP contribution in [0.25, 0.3) is 11.1 Å². The highest BCUT2D eigenvalue weighted by molar-refractivity contribution is 5.73. The summed E-state index contributed by atoms with van der Waals surface area (Å²) in [7, 11) is 0. The van der Waals surface area contributed by atoms with Crippen LogP contribution < -0.4 is 5.73 Å². The first-order chi connectivity index (χ1) is 7.19. The summed E-state index contributed by atoms with van der Waals surface area (Å²) in [4.78, 5) is 4.23. The van der Waals surface area contributed by atoms with Crippen molar-refractivity contribution in [3.8, 4) is 0 Å². The van der Waals surface area contributed by atoms with Crippen LogP contribution in [0.1, 0.15) is 11.5 Å². The molecule has 0 amide bonds. The van der Waals surface area contributed by atoms with Gasteiger partial charge in [0, 0.05) is 13.5 Å². The van der Waals surface area contributed by atoms with Gasteiger partial charge in [-0.25, -0.2) is 4.98 Å². The molecule has 0 fully saturated rings. The van der Waals surface area contributed by atoms with E-state index < -0.39 is 6.10 Å². The van der Waals surface area contributed by atoms with Gasteiger partial charge in [-0.3, -0.25) is 0 Å². The van der Waals surface area contributed by atoms with Crippen LogP contribution >= 0.6 is 0 Å². The van der Waals surface area contributed by atoms with Crippen LogP contribution in [0.4, 0.5) is 0 Å². The second-order valence-electron chi connectivity index (χ2n) is 3.63. The molecule has 0 spiro atoms. The van der Waals surface area contributed by atoms with Crippen molar-refractivity contribution in [3.63, 3.8) is 0 Å². The fourth-order valence-corrected chi connectivity index (χ4v) is 1.57. The molecule has 1 atom stereocenters. The molecular weight excluding hydrogens is 192 g/mol. The van der Waals surface area contributed by atoms with Crippen LogP contribution in [0, 0.1) is 6.92 Å². The number of hydrogen-bond donors (Lipinski definition) is 2. The predicted molar refractivity (Wildman–Crippen MR) is 57.5 cm³/mol. The summed E-state index contributed by atoms with van der Waals surface area (Å²) < 4.78 is 5.36. The van der Waals surface area contributed by atoms with Crippen molar-refractivity contribution in [2.45, 2.75) is 19.4 Å². The fourth-order valence-electron chi connectivity index (χ4n) is 1.57. The summed E-state index contributed by atoms with van der Waals surface area (Å²) in [6.07, 6.45) is 0.0636. The van der Waals surface area contributed by atoms with Crippen molar-refractivity contribution in [2.75, 3.05) is 6.54 Å². The van der Waals surface area contributed by atoms with Gasteiger partial charge >= 0.3 is 0 Å². The highest BCUT2D eigenvalue weighted by Gasteiger charge is 2.06. The molecule has 4 nitrogen and oxygen atoms in total. The van der Waals surface area contributed by atoms with Crippen molar-refractivity contribution in [3.05, 3.63) is 29.7 Å². The van der Waals surface area contributed by atoms with Crippen LogP contribution in [0.5, 0.6) is 0 Å². The van der Waals surface area contributed by atoms with Crippen molar-refractivity contribution in [1.82, 2.24) is 4.98 Å². The number of fused-ring (bicyclic) bond motifs is 1. The lowest BCUT2D eigenvalue weighted by atomic mass is 10.1. The molecule has 0 aliphatic rings. The molecule has 80 valence electrons. The minimum atomic E-state index is -0.490. The van der Waals surface area contributed by atoms with Gasteiger partial charge in [0.15, 0.2) is 11.5 Å². The normalized spacial score (nSPS) is 13.3. The van der Waals surface area contributed by atoms with E-state index in [1.54, 1.807) is 0 Å². The summed E-state index contributed by atoms with van der Waals surface area (Å²) in [5.74, 6) is 0.654. The zero-order valence-electron chi connectivity index (χ0n) is 8.60. The number of hydrogen-bond acceptors (Lipinski definition) is 4. The molecule has 2 rings (SSSR count). The quantitative estimate of drug-likeness (QED) is 0.785. The van der Waals surface area contributed by atoms with Gasteiger partial charge in [-0.05, 0) is 24.1 Å². The summed E-state index contributed by atoms with van der Waals surface area (Å²) in [5.41, 5.74) is 7.98. The van der Waals surface area contributed by atoms with E-state index in [1.807, 2.05) is 25.1 Å². The van der Waals surface area contributed by atoms with E-state index in [0.29, 0.717) is 12.3 Å². The number of rotatable bonds is 3. The molecule has 1 heterocycles. The van der Waals surface area contributed by atoms with Crippen molar-refractivity contribution < 1.29 is 9.52 Å². The topological polar surface area (TPSA) is 72.3 Å². The predicted octanol–water partition coefficient (Wildman–Crippen LogP) is 0.998. The van der Waals surface area contributed by atoms with E-state index in [0.717, 1.165) is 16.7 Å². The smallest absolute Gasteiger partial charge is 0.192 e. The average molecular weight is 206 g/mol. The Morgan fingerprint density at radius 1 is 1.53 bits per heavy atom. The van der Waals surface area contributed by atoms with Crippen molar-refractivity contribution in [1.29, 1.82) is 0 Å². The first kappa shape index (κ1) is 10.1. The Balaban J connectivity index is 2.30. The lowest BCUT2D eigenvalue weighted by molar-refractivity contribution is 0.183. The fraction of sp³-hybridized carbons (Fsp3) is 0.364. The Hall–Kier alpha value is -1.39. The molecule has 15 heavy (non-hydrogen) atoms. The molecule has 3 N–H and O–H groups in total. The Morgan fingerprint density at radius 3 is 3.07 bits per heavy atom. The largest absolute Gasteiger partial charge is 0.441 e. The van der Waals surface area contributed by atoms with Gasteiger partial charge in [-0.2, -0.15) is 0 Å². The first-order valence-electron chi connectivity index (χ1n) is 4.93. The van der Waals surface area contributed by atoms with Crippen LogP contribution in [-0.4, -0.2) is 22.7 Å². The summed E-state index contributed by atoms with van der Waals surface area (Å²) in [5, 5.41) is 9.42. The van der Waals surface area contributed by atoms with E-state index in [4.69, 9.17) is 10.2 Å². The molecule has 1 unspecified atom stereocenters. The number of benzene rings is 1. The Labute approximate surface area is 87.7 Å². The Kier molecular flexibility index (Phi) is 2.70. The molecule has 1 aromatic carbocycles. The van der Waals surface area contributed by atoms with Gasteiger partial charge in [0.2, 0.25) is 0 Å². The van der Waals surface area contributed by atoms with Gasteiger partial charge in [0.1, 0.15) is 5.52 Å². The number of aromatic nitrogens is 1. The third-order valence-electron chi connectivity index (χ3n) is 2.30. The lowest BCUT2D eigenvalue weighted by Gasteiger charge is -2.06. The highest BCUT2D eigenvalue weighted by atomic mass is 16.3. The Morgan fingerprint density at radius 2 is 2.33 bits per heavy atom. The maximum atomic E-state index is 9.42. The van der Waals surface area contributed by atoms with E-state index in [-0.39, 0.29) is 6.54 Å². The summed E-state index contributed by atoms with van der Waals surface area (Å²) in [6, 6.07) is 5.71. The molecule has 0 saturated carbocycles. The van der Waals surface area contributed by atoms with Gasteiger partial charge in [-0.15, -0.1) is 0 Å². The second kappa shape index (κ2) is 4.00. The van der Waals surface area contributed by atoms with E-state index >= 15 is 0 Å². The van der Waals surface area contributed by atoms with Crippen molar-refractivity contribution in [2.24, 2.45) is 5.73 Å². The van der Waals surface area contributed by atoms with E-state index in [1.165, 1.54) is 0 Å². The zero-order chi connectivity index (χ0) is 10.8. The SMILES string of the molecule is Cc1nc2cc(CC(O)CN)ccc2o1. The van der Waals surface area contributed by atoms with Crippen molar-refractivity contribution >= 4 is 11.1 Å². The number of aliphatic hydroxyl groups is 1. The third kappa shape index (κ3) is 2.16. The summed E-state index contributed by atoms with van der Waals surface area (Å²) in [6.45, 7) is 2.09. The molecule has 0 bridgehead atoms. The van der Waals surface area contributed by atoms with E-state index in [2.05, 4.69) is 4.98 Å². The minimum absolute atomic E-state index is 0.274. The Bertz CT molecular complexity index is 465. The summed E-state index contributed by atoms with van der Waals surface area (Å²) >= 11 is 0. The van der Waals surface area contributed by atoms with Gasteiger partial charge in [-0.1, -0.05) is 6.07 Å². The van der Waals surface area contributed by atoms with Gasteiger partial charge in [0.25, 0.3) is 0 Å². The number of nitrogens with two attached hydrogens (primary N) is 1. The van der Waals surface area contributed by atoms with Gasteiger partial charge < -0.3 is 15.3 Å². The maximum Gasteiger partial charge on any atom is 0.192 e. The maximum absolute atomic E-state index is 9.42.